The molecule has 1 heterocycles. The van der Waals surface area contributed by atoms with Gasteiger partial charge in [0.1, 0.15) is 18.1 Å². The van der Waals surface area contributed by atoms with Crippen molar-refractivity contribution in [2.75, 3.05) is 20.3 Å². The molecule has 0 atom stereocenters. The van der Waals surface area contributed by atoms with Gasteiger partial charge in [-0.05, 0) is 63.2 Å². The van der Waals surface area contributed by atoms with Crippen LogP contribution in [0.4, 0.5) is 0 Å². The van der Waals surface area contributed by atoms with Crippen molar-refractivity contribution in [1.29, 1.82) is 0 Å². The lowest BCUT2D eigenvalue weighted by atomic mass is 9.74. The highest BCUT2D eigenvalue weighted by atomic mass is 28.4. The van der Waals surface area contributed by atoms with Crippen LogP contribution in [0.2, 0.25) is 16.6 Å². The van der Waals surface area contributed by atoms with Gasteiger partial charge in [0, 0.05) is 13.2 Å². The van der Waals surface area contributed by atoms with Crippen molar-refractivity contribution in [2.24, 2.45) is 0 Å². The van der Waals surface area contributed by atoms with Crippen LogP contribution in [-0.4, -0.2) is 35.8 Å². The third-order valence-electron chi connectivity index (χ3n) is 7.87. The van der Waals surface area contributed by atoms with Crippen molar-refractivity contribution >= 4 is 31.7 Å². The van der Waals surface area contributed by atoms with Gasteiger partial charge in [-0.3, -0.25) is 0 Å². The molecule has 5 nitrogen and oxygen atoms in total. The summed E-state index contributed by atoms with van der Waals surface area (Å²) in [5.41, 5.74) is 4.75. The minimum atomic E-state index is -2.03. The maximum absolute atomic E-state index is 6.96. The summed E-state index contributed by atoms with van der Waals surface area (Å²) in [5, 5.41) is 1.95. The molecule has 0 spiro atoms. The zero-order valence-corrected chi connectivity index (χ0v) is 25.1. The van der Waals surface area contributed by atoms with Gasteiger partial charge in [0.2, 0.25) is 8.32 Å². The van der Waals surface area contributed by atoms with Crippen LogP contribution in [0.1, 0.15) is 59.1 Å². The largest absolute Gasteiger partial charge is 0.496 e. The van der Waals surface area contributed by atoms with E-state index in [-0.39, 0.29) is 0 Å². The minimum Gasteiger partial charge on any atom is -0.496 e. The molecular weight excluding hydrogens is 491 g/mol. The van der Waals surface area contributed by atoms with Crippen LogP contribution in [0.15, 0.2) is 54.6 Å². The molecule has 0 radical (unpaired) electrons. The summed E-state index contributed by atoms with van der Waals surface area (Å²) in [7, 11) is -0.720. The summed E-state index contributed by atoms with van der Waals surface area (Å²) in [6, 6.07) is 18.6. The van der Waals surface area contributed by atoms with Crippen LogP contribution in [-0.2, 0) is 26.9 Å². The maximum Gasteiger partial charge on any atom is 0.494 e. The Balaban J connectivity index is 1.76. The first kappa shape index (κ1) is 28.7. The minimum absolute atomic E-state index is 0.411. The zero-order chi connectivity index (χ0) is 27.3. The molecule has 0 unspecified atom stereocenters. The Kier molecular flexibility index (Phi) is 9.58. The first-order valence-corrected chi connectivity index (χ1v) is 16.1. The van der Waals surface area contributed by atoms with E-state index in [0.29, 0.717) is 43.1 Å². The molecule has 0 saturated carbocycles. The van der Waals surface area contributed by atoms with Gasteiger partial charge in [-0.1, -0.05) is 77.9 Å². The standard InChI is InChI=1S/C31H43BO5Si/c1-22(2)38(23(3)4,24(5)6)37-21-26-18-27-28(32-35-16-11-17-36-32)14-15-29(31(27)30(19-26)33-7)34-20-25-12-9-8-10-13-25/h8-10,12-15,18-19,22-24H,11,16-17,20-21H2,1-7H3. The molecule has 3 aromatic rings. The Hall–Kier alpha value is -2.32. The summed E-state index contributed by atoms with van der Waals surface area (Å²) < 4.78 is 31.4. The fourth-order valence-corrected chi connectivity index (χ4v) is 11.6. The van der Waals surface area contributed by atoms with Crippen LogP contribution in [0.5, 0.6) is 11.5 Å². The van der Waals surface area contributed by atoms with Gasteiger partial charge in [0.05, 0.1) is 19.1 Å². The molecule has 7 heteroatoms. The van der Waals surface area contributed by atoms with E-state index in [9.17, 15) is 0 Å². The van der Waals surface area contributed by atoms with Gasteiger partial charge >= 0.3 is 7.12 Å². The Bertz CT molecular complexity index is 1170. The second-order valence-electron chi connectivity index (χ2n) is 11.2. The van der Waals surface area contributed by atoms with Gasteiger partial charge in [0.15, 0.2) is 0 Å². The predicted molar refractivity (Wildman–Crippen MR) is 159 cm³/mol. The Morgan fingerprint density at radius 2 is 1.45 bits per heavy atom. The number of rotatable bonds is 11. The summed E-state index contributed by atoms with van der Waals surface area (Å²) in [6.07, 6.45) is 0.904. The number of fused-ring (bicyclic) bond motifs is 1. The predicted octanol–water partition coefficient (Wildman–Crippen LogP) is 7.25. The second kappa shape index (κ2) is 12.7. The van der Waals surface area contributed by atoms with Crippen LogP contribution in [0.25, 0.3) is 10.8 Å². The van der Waals surface area contributed by atoms with Crippen molar-refractivity contribution in [2.45, 2.75) is 77.8 Å². The molecule has 204 valence electrons. The van der Waals surface area contributed by atoms with E-state index in [1.165, 1.54) is 0 Å². The molecule has 1 aliphatic rings. The van der Waals surface area contributed by atoms with E-state index < -0.39 is 15.4 Å². The first-order chi connectivity index (χ1) is 18.3. The number of benzene rings is 3. The number of ether oxygens (including phenoxy) is 2. The highest BCUT2D eigenvalue weighted by Crippen LogP contribution is 2.43. The molecule has 1 saturated heterocycles. The van der Waals surface area contributed by atoms with Crippen LogP contribution < -0.4 is 14.9 Å². The summed E-state index contributed by atoms with van der Waals surface area (Å²) in [4.78, 5) is 0. The molecule has 1 fully saturated rings. The highest BCUT2D eigenvalue weighted by Gasteiger charge is 2.45. The second-order valence-corrected chi connectivity index (χ2v) is 16.6. The fraction of sp³-hybridized carbons (Fsp3) is 0.484. The molecule has 3 aromatic carbocycles. The monoisotopic (exact) mass is 534 g/mol. The molecule has 0 N–H and O–H groups in total. The van der Waals surface area contributed by atoms with Crippen LogP contribution in [0.3, 0.4) is 0 Å². The summed E-state index contributed by atoms with van der Waals surface area (Å²) >= 11 is 0. The molecule has 1 aliphatic heterocycles. The van der Waals surface area contributed by atoms with E-state index in [4.69, 9.17) is 23.2 Å². The van der Waals surface area contributed by atoms with Crippen molar-refractivity contribution in [3.63, 3.8) is 0 Å². The number of hydrogen-bond donors (Lipinski definition) is 0. The van der Waals surface area contributed by atoms with Crippen LogP contribution in [0, 0.1) is 0 Å². The number of methoxy groups -OCH3 is 1. The zero-order valence-electron chi connectivity index (χ0n) is 24.1. The van der Waals surface area contributed by atoms with E-state index in [2.05, 4.69) is 71.9 Å². The van der Waals surface area contributed by atoms with Gasteiger partial charge in [-0.2, -0.15) is 0 Å². The first-order valence-electron chi connectivity index (χ1n) is 13.9. The number of hydrogen-bond acceptors (Lipinski definition) is 5. The van der Waals surface area contributed by atoms with Crippen molar-refractivity contribution in [1.82, 2.24) is 0 Å². The quantitative estimate of drug-likeness (QED) is 0.243. The van der Waals surface area contributed by atoms with Crippen molar-refractivity contribution in [3.05, 3.63) is 65.7 Å². The van der Waals surface area contributed by atoms with E-state index in [1.54, 1.807) is 7.11 Å². The molecule has 0 aromatic heterocycles. The Morgan fingerprint density at radius 1 is 0.789 bits per heavy atom. The van der Waals surface area contributed by atoms with Gasteiger partial charge in [-0.15, -0.1) is 0 Å². The average Bonchev–Trinajstić information content (AvgIpc) is 2.92. The molecular formula is C31H43BO5Si. The van der Waals surface area contributed by atoms with Crippen LogP contribution >= 0.6 is 0 Å². The average molecular weight is 535 g/mol. The van der Waals surface area contributed by atoms with E-state index in [0.717, 1.165) is 45.3 Å². The van der Waals surface area contributed by atoms with E-state index in [1.807, 2.05) is 24.3 Å². The Labute approximate surface area is 230 Å². The van der Waals surface area contributed by atoms with Gasteiger partial charge in [-0.25, -0.2) is 0 Å². The van der Waals surface area contributed by atoms with Crippen molar-refractivity contribution in [3.8, 4) is 11.5 Å². The summed E-state index contributed by atoms with van der Waals surface area (Å²) in [6.45, 7) is 16.3. The maximum atomic E-state index is 6.96. The topological polar surface area (TPSA) is 46.2 Å². The fourth-order valence-electron chi connectivity index (χ4n) is 6.17. The van der Waals surface area contributed by atoms with Crippen molar-refractivity contribution < 1.29 is 23.2 Å². The van der Waals surface area contributed by atoms with Gasteiger partial charge < -0.3 is 23.2 Å². The Morgan fingerprint density at radius 3 is 2.05 bits per heavy atom. The molecule has 0 aliphatic carbocycles. The molecule has 0 bridgehead atoms. The third-order valence-corrected chi connectivity index (χ3v) is 13.9. The highest BCUT2D eigenvalue weighted by molar-refractivity contribution is 6.77. The smallest absolute Gasteiger partial charge is 0.494 e. The lowest BCUT2D eigenvalue weighted by Crippen LogP contribution is -2.47. The third kappa shape index (κ3) is 5.96. The molecule has 0 amide bonds. The van der Waals surface area contributed by atoms with Gasteiger partial charge in [0.25, 0.3) is 0 Å². The van der Waals surface area contributed by atoms with E-state index >= 15 is 0 Å². The molecule has 38 heavy (non-hydrogen) atoms. The lowest BCUT2D eigenvalue weighted by molar-refractivity contribution is 0.143. The SMILES string of the molecule is COc1cc(CO[Si](C(C)C)(C(C)C)C(C)C)cc2c(B3OCCCO3)ccc(OCc3ccccc3)c12. The molecule has 4 rings (SSSR count). The summed E-state index contributed by atoms with van der Waals surface area (Å²) in [5.74, 6) is 1.55. The lowest BCUT2D eigenvalue weighted by Gasteiger charge is -2.42. The normalized spacial score (nSPS) is 14.6.